The molecule has 2 rings (SSSR count). The van der Waals surface area contributed by atoms with Crippen LogP contribution in [0.4, 0.5) is 0 Å². The van der Waals surface area contributed by atoms with Gasteiger partial charge in [-0.25, -0.2) is 4.79 Å². The van der Waals surface area contributed by atoms with E-state index >= 15 is 0 Å². The van der Waals surface area contributed by atoms with Crippen molar-refractivity contribution in [2.75, 3.05) is 6.61 Å². The zero-order valence-electron chi connectivity index (χ0n) is 17.6. The van der Waals surface area contributed by atoms with Crippen LogP contribution in [0.1, 0.15) is 25.0 Å². The Morgan fingerprint density at radius 1 is 0.933 bits per heavy atom. The van der Waals surface area contributed by atoms with Gasteiger partial charge in [-0.1, -0.05) is 85.0 Å². The van der Waals surface area contributed by atoms with E-state index in [9.17, 15) is 9.59 Å². The van der Waals surface area contributed by atoms with Gasteiger partial charge in [0.25, 0.3) is 0 Å². The van der Waals surface area contributed by atoms with Crippen LogP contribution < -0.4 is 0 Å². The Labute approximate surface area is 179 Å². The summed E-state index contributed by atoms with van der Waals surface area (Å²) in [6.07, 6.45) is 10.7. The number of allylic oxidation sites excluding steroid dienone is 3. The number of benzene rings is 2. The third-order valence-electron chi connectivity index (χ3n) is 4.45. The molecule has 0 N–H and O–H groups in total. The fraction of sp³-hybridized carbons (Fsp3) is 0.231. The Kier molecular flexibility index (Phi) is 9.87. The van der Waals surface area contributed by atoms with Crippen LogP contribution in [0.25, 0.3) is 0 Å². The summed E-state index contributed by atoms with van der Waals surface area (Å²) in [6, 6.07) is 19.5. The Morgan fingerprint density at radius 3 is 2.17 bits per heavy atom. The molecule has 4 heteroatoms. The average Bonchev–Trinajstić information content (AvgIpc) is 2.77. The van der Waals surface area contributed by atoms with Crippen LogP contribution in [0.3, 0.4) is 0 Å². The van der Waals surface area contributed by atoms with Gasteiger partial charge in [0.15, 0.2) is 0 Å². The zero-order valence-corrected chi connectivity index (χ0v) is 17.6. The van der Waals surface area contributed by atoms with Crippen molar-refractivity contribution in [3.8, 4) is 0 Å². The van der Waals surface area contributed by atoms with E-state index in [1.807, 2.05) is 79.7 Å². The summed E-state index contributed by atoms with van der Waals surface area (Å²) < 4.78 is 5.03. The minimum atomic E-state index is -0.410. The number of rotatable bonds is 10. The molecule has 0 fully saturated rings. The summed E-state index contributed by atoms with van der Waals surface area (Å²) in [5.74, 6) is -0.529. The number of esters is 1. The van der Waals surface area contributed by atoms with Crippen molar-refractivity contribution >= 4 is 11.9 Å². The smallest absolute Gasteiger partial charge is 0.330 e. The highest BCUT2D eigenvalue weighted by Gasteiger charge is 2.21. The fourth-order valence-corrected chi connectivity index (χ4v) is 3.00. The van der Waals surface area contributed by atoms with E-state index in [-0.39, 0.29) is 11.9 Å². The molecule has 0 heterocycles. The van der Waals surface area contributed by atoms with Crippen LogP contribution >= 0.6 is 0 Å². The number of hydrogen-bond acceptors (Lipinski definition) is 3. The fourth-order valence-electron chi connectivity index (χ4n) is 3.00. The summed E-state index contributed by atoms with van der Waals surface area (Å²) in [5.41, 5.74) is 2.10. The minimum Gasteiger partial charge on any atom is -0.463 e. The van der Waals surface area contributed by atoms with Gasteiger partial charge in [-0.3, -0.25) is 4.79 Å². The molecule has 0 saturated heterocycles. The van der Waals surface area contributed by atoms with Crippen molar-refractivity contribution in [1.82, 2.24) is 4.90 Å². The molecule has 2 aromatic carbocycles. The Balaban J connectivity index is 2.37. The van der Waals surface area contributed by atoms with Crippen LogP contribution in [0.15, 0.2) is 97.1 Å². The number of amides is 1. The molecule has 30 heavy (non-hydrogen) atoms. The van der Waals surface area contributed by atoms with Gasteiger partial charge in [0.2, 0.25) is 5.91 Å². The quantitative estimate of drug-likeness (QED) is 0.323. The molecule has 0 bridgehead atoms. The average molecular weight is 404 g/mol. The highest BCUT2D eigenvalue weighted by molar-refractivity contribution is 5.88. The van der Waals surface area contributed by atoms with Gasteiger partial charge in [0.1, 0.15) is 0 Å². The Hall–Kier alpha value is -3.40. The molecule has 1 atom stereocenters. The molecule has 0 radical (unpaired) electrons. The van der Waals surface area contributed by atoms with E-state index in [1.54, 1.807) is 30.1 Å². The first-order valence-corrected chi connectivity index (χ1v) is 10.2. The predicted molar refractivity (Wildman–Crippen MR) is 121 cm³/mol. The van der Waals surface area contributed by atoms with Crippen molar-refractivity contribution in [3.05, 3.63) is 108 Å². The standard InChI is InChI=1S/C26H29NO3/c1-3-5-8-17-25(28)27(21-23-15-11-7-12-16-23)24(18-19-26(29)30-4-2)20-22-13-9-6-10-14-22/h3,5-19,24H,4,20-21H2,1-2H3/b5-3+,17-8+,19-18+/t24-/m1/s1. The maximum atomic E-state index is 13.1. The Bertz CT molecular complexity index is 870. The van der Waals surface area contributed by atoms with Crippen molar-refractivity contribution in [2.45, 2.75) is 32.9 Å². The molecule has 0 saturated carbocycles. The summed E-state index contributed by atoms with van der Waals surface area (Å²) in [5, 5.41) is 0. The van der Waals surface area contributed by atoms with E-state index in [2.05, 4.69) is 0 Å². The third kappa shape index (κ3) is 7.92. The monoisotopic (exact) mass is 403 g/mol. The molecule has 2 aromatic rings. The lowest BCUT2D eigenvalue weighted by Crippen LogP contribution is -2.39. The van der Waals surface area contributed by atoms with E-state index < -0.39 is 5.97 Å². The van der Waals surface area contributed by atoms with Gasteiger partial charge < -0.3 is 9.64 Å². The van der Waals surface area contributed by atoms with Crippen molar-refractivity contribution in [3.63, 3.8) is 0 Å². The number of ether oxygens (including phenoxy) is 1. The first kappa shape index (κ1) is 22.9. The van der Waals surface area contributed by atoms with Crippen molar-refractivity contribution in [1.29, 1.82) is 0 Å². The second kappa shape index (κ2) is 12.9. The van der Waals surface area contributed by atoms with Crippen LogP contribution in [0.5, 0.6) is 0 Å². The molecule has 0 aromatic heterocycles. The lowest BCUT2D eigenvalue weighted by Gasteiger charge is -2.29. The largest absolute Gasteiger partial charge is 0.463 e. The maximum absolute atomic E-state index is 13.1. The van der Waals surface area contributed by atoms with E-state index in [0.717, 1.165) is 11.1 Å². The van der Waals surface area contributed by atoms with E-state index in [1.165, 1.54) is 6.08 Å². The van der Waals surface area contributed by atoms with Gasteiger partial charge >= 0.3 is 5.97 Å². The van der Waals surface area contributed by atoms with E-state index in [4.69, 9.17) is 4.74 Å². The summed E-state index contributed by atoms with van der Waals surface area (Å²) >= 11 is 0. The zero-order chi connectivity index (χ0) is 21.6. The maximum Gasteiger partial charge on any atom is 0.330 e. The molecule has 0 unspecified atom stereocenters. The summed E-state index contributed by atoms with van der Waals surface area (Å²) in [4.78, 5) is 26.8. The van der Waals surface area contributed by atoms with Gasteiger partial charge in [0, 0.05) is 18.7 Å². The van der Waals surface area contributed by atoms with Crippen molar-refractivity contribution in [2.24, 2.45) is 0 Å². The second-order valence-corrected chi connectivity index (χ2v) is 6.70. The first-order chi connectivity index (χ1) is 14.6. The molecule has 4 nitrogen and oxygen atoms in total. The normalized spacial score (nSPS) is 12.5. The summed E-state index contributed by atoms with van der Waals surface area (Å²) in [7, 11) is 0. The highest BCUT2D eigenvalue weighted by Crippen LogP contribution is 2.16. The van der Waals surface area contributed by atoms with Gasteiger partial charge in [-0.15, -0.1) is 0 Å². The third-order valence-corrected chi connectivity index (χ3v) is 4.45. The van der Waals surface area contributed by atoms with Gasteiger partial charge in [-0.05, 0) is 31.4 Å². The molecular weight excluding hydrogens is 374 g/mol. The van der Waals surface area contributed by atoms with Gasteiger partial charge in [-0.2, -0.15) is 0 Å². The van der Waals surface area contributed by atoms with Gasteiger partial charge in [0.05, 0.1) is 12.6 Å². The molecule has 0 spiro atoms. The topological polar surface area (TPSA) is 46.6 Å². The van der Waals surface area contributed by atoms with E-state index in [0.29, 0.717) is 19.6 Å². The van der Waals surface area contributed by atoms with Crippen molar-refractivity contribution < 1.29 is 14.3 Å². The number of hydrogen-bond donors (Lipinski definition) is 0. The number of nitrogens with zero attached hydrogens (tertiary/aromatic N) is 1. The SMILES string of the molecule is C/C=C/C=C/C(=O)N(Cc1ccccc1)[C@H](/C=C/C(=O)OCC)Cc1ccccc1. The minimum absolute atomic E-state index is 0.119. The molecular formula is C26H29NO3. The number of carbonyl (C=O) groups is 2. The number of carbonyl (C=O) groups excluding carboxylic acids is 2. The summed E-state index contributed by atoms with van der Waals surface area (Å²) in [6.45, 7) is 4.41. The highest BCUT2D eigenvalue weighted by atomic mass is 16.5. The molecule has 0 aliphatic rings. The first-order valence-electron chi connectivity index (χ1n) is 10.2. The second-order valence-electron chi connectivity index (χ2n) is 6.70. The lowest BCUT2D eigenvalue weighted by molar-refractivity contribution is -0.137. The Morgan fingerprint density at radius 2 is 1.57 bits per heavy atom. The predicted octanol–water partition coefficient (Wildman–Crippen LogP) is 4.88. The lowest BCUT2D eigenvalue weighted by atomic mass is 10.0. The molecule has 0 aliphatic carbocycles. The van der Waals surface area contributed by atoms with Crippen LogP contribution in [0, 0.1) is 0 Å². The molecule has 1 amide bonds. The molecule has 156 valence electrons. The molecule has 0 aliphatic heterocycles. The van der Waals surface area contributed by atoms with Crippen LogP contribution in [-0.2, 0) is 27.3 Å². The van der Waals surface area contributed by atoms with Crippen LogP contribution in [0.2, 0.25) is 0 Å². The van der Waals surface area contributed by atoms with Crippen LogP contribution in [-0.4, -0.2) is 29.4 Å².